The van der Waals surface area contributed by atoms with Crippen molar-refractivity contribution in [3.63, 3.8) is 0 Å². The van der Waals surface area contributed by atoms with E-state index in [9.17, 15) is 22.8 Å². The zero-order valence-electron chi connectivity index (χ0n) is 17.1. The Hall–Kier alpha value is -3.23. The lowest BCUT2D eigenvalue weighted by molar-refractivity contribution is -0.137. The Morgan fingerprint density at radius 2 is 1.74 bits per heavy atom. The van der Waals surface area contributed by atoms with Crippen molar-refractivity contribution < 1.29 is 27.5 Å². The lowest BCUT2D eigenvalue weighted by atomic mass is 10.1. The molecule has 1 saturated heterocycles. The molecule has 166 valence electrons. The van der Waals surface area contributed by atoms with Crippen molar-refractivity contribution in [1.29, 1.82) is 0 Å². The van der Waals surface area contributed by atoms with Crippen LogP contribution in [0, 0.1) is 0 Å². The summed E-state index contributed by atoms with van der Waals surface area (Å²) in [5.74, 6) is 0.179. The fourth-order valence-electron chi connectivity index (χ4n) is 3.40. The summed E-state index contributed by atoms with van der Waals surface area (Å²) < 4.78 is 43.8. The average Bonchev–Trinajstić information content (AvgIpc) is 2.78. The fraction of sp³-hybridized carbons (Fsp3) is 0.364. The number of hydrogen-bond acceptors (Lipinski definition) is 4. The molecule has 0 bridgehead atoms. The van der Waals surface area contributed by atoms with Crippen LogP contribution in [0.3, 0.4) is 0 Å². The number of ether oxygens (including phenoxy) is 1. The zero-order chi connectivity index (χ0) is 22.4. The lowest BCUT2D eigenvalue weighted by Crippen LogP contribution is -2.49. The summed E-state index contributed by atoms with van der Waals surface area (Å²) in [6, 6.07) is 11.9. The molecule has 6 nitrogen and oxygen atoms in total. The van der Waals surface area contributed by atoms with Gasteiger partial charge in [0.2, 0.25) is 5.91 Å². The van der Waals surface area contributed by atoms with Gasteiger partial charge < -0.3 is 19.9 Å². The first-order valence-corrected chi connectivity index (χ1v) is 9.90. The van der Waals surface area contributed by atoms with E-state index in [0.29, 0.717) is 43.2 Å². The molecule has 3 rings (SSSR count). The quantitative estimate of drug-likeness (QED) is 0.757. The lowest BCUT2D eigenvalue weighted by Gasteiger charge is -2.36. The predicted octanol–water partition coefficient (Wildman–Crippen LogP) is 3.18. The van der Waals surface area contributed by atoms with E-state index in [0.717, 1.165) is 12.1 Å². The number of methoxy groups -OCH3 is 1. The molecule has 0 spiro atoms. The number of amides is 2. The number of carbonyl (C=O) groups is 2. The molecule has 0 aliphatic carbocycles. The van der Waals surface area contributed by atoms with Crippen molar-refractivity contribution in [2.24, 2.45) is 0 Å². The zero-order valence-corrected chi connectivity index (χ0v) is 17.1. The van der Waals surface area contributed by atoms with Crippen LogP contribution in [0.5, 0.6) is 5.75 Å². The third-order valence-corrected chi connectivity index (χ3v) is 5.13. The summed E-state index contributed by atoms with van der Waals surface area (Å²) in [6.45, 7) is 1.92. The number of anilines is 1. The van der Waals surface area contributed by atoms with Crippen LogP contribution in [0.1, 0.15) is 22.3 Å². The SMILES string of the molecule is COc1cccc(C(=O)NCCC(=O)N2CCN(c3cccc(C(F)(F)F)c3)CC2)c1. The van der Waals surface area contributed by atoms with E-state index in [1.165, 1.54) is 13.2 Å². The Morgan fingerprint density at radius 1 is 1.03 bits per heavy atom. The Bertz CT molecular complexity index is 925. The largest absolute Gasteiger partial charge is 0.497 e. The molecule has 2 aromatic carbocycles. The second-order valence-electron chi connectivity index (χ2n) is 7.15. The van der Waals surface area contributed by atoms with Crippen LogP contribution in [0.15, 0.2) is 48.5 Å². The van der Waals surface area contributed by atoms with Gasteiger partial charge in [-0.05, 0) is 36.4 Å². The monoisotopic (exact) mass is 435 g/mol. The second-order valence-corrected chi connectivity index (χ2v) is 7.15. The number of hydrogen-bond donors (Lipinski definition) is 1. The number of benzene rings is 2. The molecule has 0 atom stereocenters. The number of halogens is 3. The molecule has 0 unspecified atom stereocenters. The molecule has 31 heavy (non-hydrogen) atoms. The highest BCUT2D eigenvalue weighted by Gasteiger charge is 2.31. The van der Waals surface area contributed by atoms with E-state index < -0.39 is 11.7 Å². The minimum Gasteiger partial charge on any atom is -0.497 e. The minimum atomic E-state index is -4.39. The minimum absolute atomic E-state index is 0.102. The molecular weight excluding hydrogens is 411 g/mol. The molecule has 1 N–H and O–H groups in total. The number of piperazine rings is 1. The van der Waals surface area contributed by atoms with E-state index >= 15 is 0 Å². The standard InChI is InChI=1S/C22H24F3N3O3/c1-31-19-7-2-4-16(14-19)21(30)26-9-8-20(29)28-12-10-27(11-13-28)18-6-3-5-17(15-18)22(23,24)25/h2-7,14-15H,8-13H2,1H3,(H,26,30). The third-order valence-electron chi connectivity index (χ3n) is 5.13. The van der Waals surface area contributed by atoms with Crippen molar-refractivity contribution in [3.8, 4) is 5.75 Å². The topological polar surface area (TPSA) is 61.9 Å². The smallest absolute Gasteiger partial charge is 0.416 e. The van der Waals surface area contributed by atoms with Gasteiger partial charge in [0.15, 0.2) is 0 Å². The van der Waals surface area contributed by atoms with E-state index in [4.69, 9.17) is 4.74 Å². The first-order valence-electron chi connectivity index (χ1n) is 9.90. The number of alkyl halides is 3. The highest BCUT2D eigenvalue weighted by atomic mass is 19.4. The van der Waals surface area contributed by atoms with Crippen molar-refractivity contribution in [2.75, 3.05) is 44.7 Å². The number of nitrogens with one attached hydrogen (secondary N) is 1. The molecular formula is C22H24F3N3O3. The van der Waals surface area contributed by atoms with Crippen LogP contribution in [-0.4, -0.2) is 56.5 Å². The molecule has 1 aliphatic heterocycles. The molecule has 9 heteroatoms. The molecule has 2 amide bonds. The van der Waals surface area contributed by atoms with Crippen LogP contribution in [0.2, 0.25) is 0 Å². The fourth-order valence-corrected chi connectivity index (χ4v) is 3.40. The van der Waals surface area contributed by atoms with E-state index in [1.807, 2.05) is 4.90 Å². The maximum atomic E-state index is 12.9. The second kappa shape index (κ2) is 9.72. The van der Waals surface area contributed by atoms with Crippen LogP contribution in [0.25, 0.3) is 0 Å². The van der Waals surface area contributed by atoms with Gasteiger partial charge in [0.25, 0.3) is 5.91 Å². The van der Waals surface area contributed by atoms with Crippen LogP contribution < -0.4 is 15.0 Å². The van der Waals surface area contributed by atoms with Gasteiger partial charge in [-0.2, -0.15) is 13.2 Å². The van der Waals surface area contributed by atoms with Gasteiger partial charge in [-0.1, -0.05) is 12.1 Å². The molecule has 2 aromatic rings. The van der Waals surface area contributed by atoms with Gasteiger partial charge in [-0.25, -0.2) is 0 Å². The molecule has 1 fully saturated rings. The van der Waals surface area contributed by atoms with Crippen molar-refractivity contribution in [2.45, 2.75) is 12.6 Å². The maximum Gasteiger partial charge on any atom is 0.416 e. The Labute approximate surface area is 178 Å². The Morgan fingerprint density at radius 3 is 2.42 bits per heavy atom. The molecule has 0 aromatic heterocycles. The van der Waals surface area contributed by atoms with Gasteiger partial charge in [-0.3, -0.25) is 9.59 Å². The highest BCUT2D eigenvalue weighted by molar-refractivity contribution is 5.94. The van der Waals surface area contributed by atoms with E-state index in [1.54, 1.807) is 35.2 Å². The normalized spacial score (nSPS) is 14.3. The summed E-state index contributed by atoms with van der Waals surface area (Å²) in [5.41, 5.74) is 0.254. The van der Waals surface area contributed by atoms with Crippen molar-refractivity contribution in [3.05, 3.63) is 59.7 Å². The van der Waals surface area contributed by atoms with Crippen LogP contribution in [0.4, 0.5) is 18.9 Å². The summed E-state index contributed by atoms with van der Waals surface area (Å²) >= 11 is 0. The maximum absolute atomic E-state index is 12.9. The highest BCUT2D eigenvalue weighted by Crippen LogP contribution is 2.31. The van der Waals surface area contributed by atoms with Crippen molar-refractivity contribution in [1.82, 2.24) is 10.2 Å². The first kappa shape index (κ1) is 22.5. The number of nitrogens with zero attached hydrogens (tertiary/aromatic N) is 2. The average molecular weight is 435 g/mol. The van der Waals surface area contributed by atoms with Gasteiger partial charge in [0.05, 0.1) is 12.7 Å². The number of carbonyl (C=O) groups excluding carboxylic acids is 2. The molecule has 0 radical (unpaired) electrons. The van der Waals surface area contributed by atoms with Gasteiger partial charge in [0, 0.05) is 50.4 Å². The number of rotatable bonds is 6. The summed E-state index contributed by atoms with van der Waals surface area (Å²) in [7, 11) is 1.52. The first-order chi connectivity index (χ1) is 14.8. The van der Waals surface area contributed by atoms with Crippen molar-refractivity contribution >= 4 is 17.5 Å². The summed E-state index contributed by atoms with van der Waals surface area (Å²) in [5, 5.41) is 2.72. The van der Waals surface area contributed by atoms with Gasteiger partial charge >= 0.3 is 6.18 Å². The van der Waals surface area contributed by atoms with Gasteiger partial charge in [-0.15, -0.1) is 0 Å². The molecule has 0 saturated carbocycles. The van der Waals surface area contributed by atoms with Gasteiger partial charge in [0.1, 0.15) is 5.75 Å². The Kier molecular flexibility index (Phi) is 7.04. The Balaban J connectivity index is 1.45. The van der Waals surface area contributed by atoms with Crippen LogP contribution >= 0.6 is 0 Å². The van der Waals surface area contributed by atoms with E-state index in [2.05, 4.69) is 5.32 Å². The molecule has 1 aliphatic rings. The molecule has 1 heterocycles. The summed E-state index contributed by atoms with van der Waals surface area (Å²) in [6.07, 6.45) is -4.23. The van der Waals surface area contributed by atoms with E-state index in [-0.39, 0.29) is 24.8 Å². The third kappa shape index (κ3) is 5.90. The van der Waals surface area contributed by atoms with Crippen LogP contribution in [-0.2, 0) is 11.0 Å². The predicted molar refractivity (Wildman–Crippen MR) is 110 cm³/mol. The summed E-state index contributed by atoms with van der Waals surface area (Å²) in [4.78, 5) is 28.1.